The molecule has 1 heterocycles. The molecule has 4 nitrogen and oxygen atoms in total. The molecule has 1 unspecified atom stereocenters. The number of fused-ring (bicyclic) bond motifs is 1. The number of hydrogen-bond donors (Lipinski definition) is 1. The van der Waals surface area contributed by atoms with E-state index in [0.717, 1.165) is 28.3 Å². The predicted molar refractivity (Wildman–Crippen MR) is 84.6 cm³/mol. The monoisotopic (exact) mass is 343 g/mol. The van der Waals surface area contributed by atoms with E-state index < -0.39 is 0 Å². The molecule has 2 N–H and O–H groups in total. The van der Waals surface area contributed by atoms with Crippen molar-refractivity contribution < 1.29 is 4.52 Å². The molecule has 0 radical (unpaired) electrons. The lowest BCUT2D eigenvalue weighted by atomic mass is 10.1. The molecule has 0 spiro atoms. The van der Waals surface area contributed by atoms with Crippen molar-refractivity contribution in [1.82, 2.24) is 10.1 Å². The summed E-state index contributed by atoms with van der Waals surface area (Å²) in [5, 5.41) is 6.34. The van der Waals surface area contributed by atoms with Gasteiger partial charge in [-0.2, -0.15) is 4.98 Å². The fraction of sp³-hybridized carbons (Fsp3) is 0.250. The third kappa shape index (κ3) is 2.47. The summed E-state index contributed by atoms with van der Waals surface area (Å²) in [7, 11) is 0. The first-order chi connectivity index (χ1) is 10.2. The number of nitrogens with zero attached hydrogens (tertiary/aromatic N) is 2. The van der Waals surface area contributed by atoms with Gasteiger partial charge in [-0.3, -0.25) is 0 Å². The summed E-state index contributed by atoms with van der Waals surface area (Å²) >= 11 is 3.48. The van der Waals surface area contributed by atoms with Crippen molar-refractivity contribution in [3.8, 4) is 11.5 Å². The molecule has 0 amide bonds. The van der Waals surface area contributed by atoms with E-state index >= 15 is 0 Å². The Bertz CT molecular complexity index is 810. The van der Waals surface area contributed by atoms with Crippen LogP contribution in [0.4, 0.5) is 0 Å². The van der Waals surface area contributed by atoms with Gasteiger partial charge in [-0.15, -0.1) is 0 Å². The molecule has 1 aromatic heterocycles. The van der Waals surface area contributed by atoms with E-state index in [4.69, 9.17) is 10.3 Å². The van der Waals surface area contributed by atoms with E-state index in [-0.39, 0.29) is 6.04 Å². The molecule has 4 rings (SSSR count). The summed E-state index contributed by atoms with van der Waals surface area (Å²) in [6.45, 7) is 0. The van der Waals surface area contributed by atoms with Crippen LogP contribution in [0, 0.1) is 5.92 Å². The average Bonchev–Trinajstić information content (AvgIpc) is 3.23. The summed E-state index contributed by atoms with van der Waals surface area (Å²) in [5.41, 5.74) is 7.03. The fourth-order valence-electron chi connectivity index (χ4n) is 2.50. The molecular weight excluding hydrogens is 330 g/mol. The Labute approximate surface area is 130 Å². The Balaban J connectivity index is 1.70. The minimum Gasteiger partial charge on any atom is -0.334 e. The smallest absolute Gasteiger partial charge is 0.258 e. The zero-order valence-corrected chi connectivity index (χ0v) is 12.9. The zero-order valence-electron chi connectivity index (χ0n) is 11.3. The lowest BCUT2D eigenvalue weighted by Gasteiger charge is -2.02. The van der Waals surface area contributed by atoms with Crippen LogP contribution in [0.25, 0.3) is 22.2 Å². The highest BCUT2D eigenvalue weighted by Crippen LogP contribution is 2.38. The summed E-state index contributed by atoms with van der Waals surface area (Å²) in [6.07, 6.45) is 2.33. The van der Waals surface area contributed by atoms with Gasteiger partial charge in [0, 0.05) is 10.0 Å². The first-order valence-electron chi connectivity index (χ1n) is 6.99. The zero-order chi connectivity index (χ0) is 14.4. The summed E-state index contributed by atoms with van der Waals surface area (Å²) in [5.74, 6) is 1.67. The van der Waals surface area contributed by atoms with Crippen LogP contribution in [-0.2, 0) is 0 Å². The molecule has 1 aliphatic rings. The van der Waals surface area contributed by atoms with E-state index in [1.165, 1.54) is 5.39 Å². The van der Waals surface area contributed by atoms with E-state index in [2.05, 4.69) is 50.3 Å². The maximum Gasteiger partial charge on any atom is 0.258 e. The quantitative estimate of drug-likeness (QED) is 0.778. The van der Waals surface area contributed by atoms with Crippen molar-refractivity contribution >= 4 is 26.7 Å². The van der Waals surface area contributed by atoms with Crippen molar-refractivity contribution in [3.63, 3.8) is 0 Å². The molecule has 0 aliphatic heterocycles. The largest absolute Gasteiger partial charge is 0.334 e. The van der Waals surface area contributed by atoms with Crippen molar-refractivity contribution in [1.29, 1.82) is 0 Å². The second kappa shape index (κ2) is 4.93. The Morgan fingerprint density at radius 3 is 2.71 bits per heavy atom. The molecule has 106 valence electrons. The van der Waals surface area contributed by atoms with Gasteiger partial charge in [0.25, 0.3) is 5.89 Å². The van der Waals surface area contributed by atoms with Crippen molar-refractivity contribution in [2.75, 3.05) is 0 Å². The number of halogens is 1. The summed E-state index contributed by atoms with van der Waals surface area (Å²) in [6, 6.07) is 12.2. The Kier molecular flexibility index (Phi) is 3.05. The van der Waals surface area contributed by atoms with Gasteiger partial charge < -0.3 is 10.3 Å². The fourth-order valence-corrected chi connectivity index (χ4v) is 2.88. The standard InChI is InChI=1S/C16H14BrN3O/c17-13-6-5-10-7-12(4-3-11(10)8-13)16-19-15(20-21-16)14(18)9-1-2-9/h3-9,14H,1-2,18H2. The lowest BCUT2D eigenvalue weighted by molar-refractivity contribution is 0.411. The number of benzene rings is 2. The highest BCUT2D eigenvalue weighted by atomic mass is 79.9. The Morgan fingerprint density at radius 2 is 1.90 bits per heavy atom. The minimum absolute atomic E-state index is 0.0982. The van der Waals surface area contributed by atoms with Crippen LogP contribution in [-0.4, -0.2) is 10.1 Å². The molecule has 1 aliphatic carbocycles. The number of nitrogens with two attached hydrogens (primary N) is 1. The Hall–Kier alpha value is -1.72. The third-order valence-electron chi connectivity index (χ3n) is 3.92. The average molecular weight is 344 g/mol. The molecule has 2 aromatic carbocycles. The third-order valence-corrected chi connectivity index (χ3v) is 4.41. The van der Waals surface area contributed by atoms with E-state index in [1.807, 2.05) is 12.1 Å². The van der Waals surface area contributed by atoms with Crippen LogP contribution in [0.2, 0.25) is 0 Å². The van der Waals surface area contributed by atoms with Crippen LogP contribution in [0.5, 0.6) is 0 Å². The SMILES string of the molecule is NC(c1noc(-c2ccc3cc(Br)ccc3c2)n1)C1CC1. The molecule has 21 heavy (non-hydrogen) atoms. The summed E-state index contributed by atoms with van der Waals surface area (Å²) in [4.78, 5) is 4.45. The molecular formula is C16H14BrN3O. The minimum atomic E-state index is -0.0982. The molecule has 1 atom stereocenters. The van der Waals surface area contributed by atoms with Crippen LogP contribution in [0.3, 0.4) is 0 Å². The van der Waals surface area contributed by atoms with Crippen molar-refractivity contribution in [3.05, 3.63) is 46.7 Å². The summed E-state index contributed by atoms with van der Waals surface area (Å²) < 4.78 is 6.44. The van der Waals surface area contributed by atoms with E-state index in [0.29, 0.717) is 17.6 Å². The molecule has 5 heteroatoms. The van der Waals surface area contributed by atoms with Gasteiger partial charge in [-0.1, -0.05) is 33.2 Å². The van der Waals surface area contributed by atoms with E-state index in [1.54, 1.807) is 0 Å². The number of aromatic nitrogens is 2. The first-order valence-corrected chi connectivity index (χ1v) is 7.79. The maximum absolute atomic E-state index is 6.11. The van der Waals surface area contributed by atoms with Gasteiger partial charge in [0.05, 0.1) is 6.04 Å². The number of rotatable bonds is 3. The Morgan fingerprint density at radius 1 is 1.14 bits per heavy atom. The van der Waals surface area contributed by atoms with Gasteiger partial charge in [-0.25, -0.2) is 0 Å². The van der Waals surface area contributed by atoms with Crippen molar-refractivity contribution in [2.45, 2.75) is 18.9 Å². The second-order valence-corrected chi connectivity index (χ2v) is 6.44. The first kappa shape index (κ1) is 13.0. The van der Waals surface area contributed by atoms with Gasteiger partial charge in [0.2, 0.25) is 0 Å². The maximum atomic E-state index is 6.11. The normalized spacial score (nSPS) is 16.3. The molecule has 1 fully saturated rings. The van der Waals surface area contributed by atoms with Crippen LogP contribution >= 0.6 is 15.9 Å². The predicted octanol–water partition coefficient (Wildman–Crippen LogP) is 4.06. The van der Waals surface area contributed by atoms with Crippen LogP contribution in [0.15, 0.2) is 45.4 Å². The van der Waals surface area contributed by atoms with E-state index in [9.17, 15) is 0 Å². The highest BCUT2D eigenvalue weighted by molar-refractivity contribution is 9.10. The molecule has 0 saturated heterocycles. The topological polar surface area (TPSA) is 64.9 Å². The number of hydrogen-bond acceptors (Lipinski definition) is 4. The van der Waals surface area contributed by atoms with Gasteiger partial charge in [0.1, 0.15) is 0 Å². The van der Waals surface area contributed by atoms with Gasteiger partial charge in [-0.05, 0) is 53.8 Å². The van der Waals surface area contributed by atoms with Crippen LogP contribution < -0.4 is 5.73 Å². The lowest BCUT2D eigenvalue weighted by Crippen LogP contribution is -2.13. The van der Waals surface area contributed by atoms with Gasteiger partial charge in [0.15, 0.2) is 5.82 Å². The van der Waals surface area contributed by atoms with Crippen LogP contribution in [0.1, 0.15) is 24.7 Å². The highest BCUT2D eigenvalue weighted by Gasteiger charge is 2.32. The molecule has 1 saturated carbocycles. The molecule has 3 aromatic rings. The van der Waals surface area contributed by atoms with Gasteiger partial charge >= 0.3 is 0 Å². The second-order valence-electron chi connectivity index (χ2n) is 5.53. The molecule has 0 bridgehead atoms. The van der Waals surface area contributed by atoms with Crippen molar-refractivity contribution in [2.24, 2.45) is 11.7 Å².